The molecule has 0 saturated carbocycles. The molecule has 0 amide bonds. The number of halogens is 1. The molecule has 0 bridgehead atoms. The standard InChI is InChI=1S/C11H7BrN2O3/c12-7-1-3-8(4-2-7)14-5-9(11(16)17)10(15)13-6-14/h1-6H,(H,16,17). The Labute approximate surface area is 104 Å². The topological polar surface area (TPSA) is 72.2 Å². The predicted octanol–water partition coefficient (Wildman–Crippen LogP) is 1.69. The van der Waals surface area contributed by atoms with Gasteiger partial charge in [-0.05, 0) is 24.3 Å². The number of rotatable bonds is 2. The van der Waals surface area contributed by atoms with Gasteiger partial charge in [0.05, 0.1) is 0 Å². The van der Waals surface area contributed by atoms with Crippen molar-refractivity contribution in [2.45, 2.75) is 0 Å². The molecule has 0 unspecified atom stereocenters. The molecular weight excluding hydrogens is 288 g/mol. The van der Waals surface area contributed by atoms with Gasteiger partial charge >= 0.3 is 5.97 Å². The summed E-state index contributed by atoms with van der Waals surface area (Å²) >= 11 is 3.30. The van der Waals surface area contributed by atoms with Gasteiger partial charge in [-0.1, -0.05) is 15.9 Å². The average Bonchev–Trinajstić information content (AvgIpc) is 2.30. The van der Waals surface area contributed by atoms with E-state index in [1.165, 1.54) is 17.1 Å². The van der Waals surface area contributed by atoms with Crippen LogP contribution in [0, 0.1) is 0 Å². The summed E-state index contributed by atoms with van der Waals surface area (Å²) in [6, 6.07) is 7.19. The summed E-state index contributed by atoms with van der Waals surface area (Å²) in [4.78, 5) is 25.5. The Morgan fingerprint density at radius 2 is 1.94 bits per heavy atom. The summed E-state index contributed by atoms with van der Waals surface area (Å²) in [7, 11) is 0. The number of aromatic nitrogens is 2. The number of aromatic carboxylic acids is 1. The van der Waals surface area contributed by atoms with Crippen LogP contribution in [0.5, 0.6) is 0 Å². The minimum atomic E-state index is -1.28. The molecule has 0 saturated heterocycles. The fraction of sp³-hybridized carbons (Fsp3) is 0. The molecule has 1 N–H and O–H groups in total. The second-order valence-corrected chi connectivity index (χ2v) is 4.20. The van der Waals surface area contributed by atoms with Crippen LogP contribution in [-0.4, -0.2) is 20.6 Å². The monoisotopic (exact) mass is 294 g/mol. The number of hydrogen-bond acceptors (Lipinski definition) is 3. The smallest absolute Gasteiger partial charge is 0.342 e. The SMILES string of the molecule is O=C(O)c1cn(-c2ccc(Br)cc2)cnc1=O. The molecule has 1 aromatic carbocycles. The van der Waals surface area contributed by atoms with E-state index < -0.39 is 11.5 Å². The van der Waals surface area contributed by atoms with Gasteiger partial charge in [-0.25, -0.2) is 4.79 Å². The zero-order valence-electron chi connectivity index (χ0n) is 8.50. The van der Waals surface area contributed by atoms with Crippen LogP contribution in [-0.2, 0) is 0 Å². The number of benzene rings is 1. The number of hydrogen-bond donors (Lipinski definition) is 1. The van der Waals surface area contributed by atoms with Gasteiger partial charge < -0.3 is 9.67 Å². The van der Waals surface area contributed by atoms with E-state index in [4.69, 9.17) is 5.11 Å². The van der Waals surface area contributed by atoms with Gasteiger partial charge in [0.15, 0.2) is 0 Å². The van der Waals surface area contributed by atoms with E-state index in [-0.39, 0.29) is 5.56 Å². The zero-order valence-corrected chi connectivity index (χ0v) is 10.1. The molecule has 86 valence electrons. The molecule has 5 nitrogen and oxygen atoms in total. The van der Waals surface area contributed by atoms with Crippen molar-refractivity contribution in [1.82, 2.24) is 9.55 Å². The quantitative estimate of drug-likeness (QED) is 0.915. The van der Waals surface area contributed by atoms with E-state index in [1.807, 2.05) is 12.1 Å². The number of nitrogens with zero attached hydrogens (tertiary/aromatic N) is 2. The first-order chi connectivity index (χ1) is 8.08. The molecule has 1 aromatic heterocycles. The first kappa shape index (κ1) is 11.5. The van der Waals surface area contributed by atoms with Crippen molar-refractivity contribution in [2.24, 2.45) is 0 Å². The van der Waals surface area contributed by atoms with E-state index in [0.717, 1.165) is 10.2 Å². The van der Waals surface area contributed by atoms with Crippen LogP contribution < -0.4 is 5.56 Å². The van der Waals surface area contributed by atoms with Crippen molar-refractivity contribution < 1.29 is 9.90 Å². The molecule has 17 heavy (non-hydrogen) atoms. The molecular formula is C11H7BrN2O3. The highest BCUT2D eigenvalue weighted by Crippen LogP contribution is 2.13. The van der Waals surface area contributed by atoms with Gasteiger partial charge in [-0.2, -0.15) is 4.98 Å². The maximum absolute atomic E-state index is 11.2. The minimum Gasteiger partial charge on any atom is -0.477 e. The Morgan fingerprint density at radius 1 is 1.29 bits per heavy atom. The molecule has 0 aliphatic rings. The van der Waals surface area contributed by atoms with Gasteiger partial charge in [0, 0.05) is 16.4 Å². The summed E-state index contributed by atoms with van der Waals surface area (Å²) in [5, 5.41) is 8.82. The van der Waals surface area contributed by atoms with Crippen LogP contribution in [0.25, 0.3) is 5.69 Å². The number of carbonyl (C=O) groups is 1. The third kappa shape index (κ3) is 2.42. The molecule has 0 atom stereocenters. The van der Waals surface area contributed by atoms with E-state index in [0.29, 0.717) is 0 Å². The lowest BCUT2D eigenvalue weighted by Crippen LogP contribution is -2.19. The molecule has 6 heteroatoms. The highest BCUT2D eigenvalue weighted by atomic mass is 79.9. The first-order valence-corrected chi connectivity index (χ1v) is 5.45. The summed E-state index contributed by atoms with van der Waals surface area (Å²) in [6.45, 7) is 0. The van der Waals surface area contributed by atoms with Crippen LogP contribution in [0.1, 0.15) is 10.4 Å². The first-order valence-electron chi connectivity index (χ1n) is 4.65. The molecule has 0 aliphatic heterocycles. The van der Waals surface area contributed by atoms with Crippen molar-refractivity contribution in [3.05, 3.63) is 57.2 Å². The molecule has 0 spiro atoms. The largest absolute Gasteiger partial charge is 0.477 e. The van der Waals surface area contributed by atoms with E-state index in [1.54, 1.807) is 12.1 Å². The van der Waals surface area contributed by atoms with Crippen molar-refractivity contribution in [2.75, 3.05) is 0 Å². The Kier molecular flexibility index (Phi) is 3.06. The van der Waals surface area contributed by atoms with E-state index in [2.05, 4.69) is 20.9 Å². The Hall–Kier alpha value is -1.95. The van der Waals surface area contributed by atoms with E-state index in [9.17, 15) is 9.59 Å². The normalized spacial score (nSPS) is 10.2. The Bertz CT molecular complexity index is 619. The molecule has 0 fully saturated rings. The van der Waals surface area contributed by atoms with Crippen LogP contribution >= 0.6 is 15.9 Å². The van der Waals surface area contributed by atoms with Crippen molar-refractivity contribution in [3.8, 4) is 5.69 Å². The second-order valence-electron chi connectivity index (χ2n) is 3.28. The maximum Gasteiger partial charge on any atom is 0.342 e. The second kappa shape index (κ2) is 4.50. The molecule has 0 radical (unpaired) electrons. The van der Waals surface area contributed by atoms with Crippen LogP contribution in [0.2, 0.25) is 0 Å². The zero-order chi connectivity index (χ0) is 12.4. The van der Waals surface area contributed by atoms with Crippen molar-refractivity contribution >= 4 is 21.9 Å². The van der Waals surface area contributed by atoms with Crippen molar-refractivity contribution in [1.29, 1.82) is 0 Å². The van der Waals surface area contributed by atoms with Gasteiger partial charge in [0.25, 0.3) is 5.56 Å². The third-order valence-corrected chi connectivity index (χ3v) is 2.68. The highest BCUT2D eigenvalue weighted by Gasteiger charge is 2.10. The highest BCUT2D eigenvalue weighted by molar-refractivity contribution is 9.10. The minimum absolute atomic E-state index is 0.351. The van der Waals surface area contributed by atoms with Crippen LogP contribution in [0.15, 0.2) is 46.1 Å². The molecule has 2 rings (SSSR count). The molecule has 0 aliphatic carbocycles. The summed E-state index contributed by atoms with van der Waals surface area (Å²) in [5.41, 5.74) is -0.371. The number of carboxylic acids is 1. The molecule has 2 aromatic rings. The fourth-order valence-corrected chi connectivity index (χ4v) is 1.58. The summed E-state index contributed by atoms with van der Waals surface area (Å²) < 4.78 is 2.39. The third-order valence-electron chi connectivity index (χ3n) is 2.15. The van der Waals surface area contributed by atoms with E-state index >= 15 is 0 Å². The average molecular weight is 295 g/mol. The predicted molar refractivity (Wildman–Crippen MR) is 64.5 cm³/mol. The molecule has 1 heterocycles. The number of carboxylic acid groups (broad SMARTS) is 1. The lowest BCUT2D eigenvalue weighted by atomic mass is 10.3. The summed E-state index contributed by atoms with van der Waals surface area (Å²) in [6.07, 6.45) is 2.54. The maximum atomic E-state index is 11.2. The van der Waals surface area contributed by atoms with Gasteiger partial charge in [0.1, 0.15) is 11.9 Å². The van der Waals surface area contributed by atoms with Crippen molar-refractivity contribution in [3.63, 3.8) is 0 Å². The Morgan fingerprint density at radius 3 is 2.53 bits per heavy atom. The van der Waals surface area contributed by atoms with Gasteiger partial charge in [-0.15, -0.1) is 0 Å². The lowest BCUT2D eigenvalue weighted by Gasteiger charge is -2.06. The van der Waals surface area contributed by atoms with Gasteiger partial charge in [0.2, 0.25) is 0 Å². The lowest BCUT2D eigenvalue weighted by molar-refractivity contribution is 0.0694. The fourth-order valence-electron chi connectivity index (χ4n) is 1.31. The van der Waals surface area contributed by atoms with Gasteiger partial charge in [-0.3, -0.25) is 4.79 Å². The van der Waals surface area contributed by atoms with Crippen LogP contribution in [0.3, 0.4) is 0 Å². The summed E-state index contributed by atoms with van der Waals surface area (Å²) in [5.74, 6) is -1.28. The Balaban J connectivity index is 2.53. The van der Waals surface area contributed by atoms with Crippen LogP contribution in [0.4, 0.5) is 0 Å².